The SMILES string of the molecule is C=C[C@@H](C)[C@H]1CCC2C3CC[C@@H]4C[C@H](OC(C)=O)CC[C@]4(C)C3C[C@H](O)[C@@]21C(C)=O. The van der Waals surface area contributed by atoms with Crippen molar-refractivity contribution in [3.05, 3.63) is 12.7 Å². The topological polar surface area (TPSA) is 63.6 Å². The number of ketones is 1. The van der Waals surface area contributed by atoms with E-state index in [0.717, 1.165) is 51.4 Å². The third-order valence-electron chi connectivity index (χ3n) is 10.2. The molecule has 30 heavy (non-hydrogen) atoms. The second kappa shape index (κ2) is 7.76. The van der Waals surface area contributed by atoms with Gasteiger partial charge in [-0.05, 0) is 99.2 Å². The third kappa shape index (κ3) is 3.04. The van der Waals surface area contributed by atoms with Crippen molar-refractivity contribution in [3.8, 4) is 0 Å². The molecule has 10 atom stereocenters. The molecule has 0 aliphatic heterocycles. The van der Waals surface area contributed by atoms with Crippen LogP contribution in [0.4, 0.5) is 0 Å². The number of hydrogen-bond acceptors (Lipinski definition) is 4. The summed E-state index contributed by atoms with van der Waals surface area (Å²) >= 11 is 0. The summed E-state index contributed by atoms with van der Waals surface area (Å²) in [5.41, 5.74) is -0.418. The first-order chi connectivity index (χ1) is 14.2. The fourth-order valence-electron chi connectivity index (χ4n) is 8.90. The van der Waals surface area contributed by atoms with E-state index in [2.05, 4.69) is 20.4 Å². The first-order valence-electron chi connectivity index (χ1n) is 12.1. The Hall–Kier alpha value is -1.16. The van der Waals surface area contributed by atoms with Gasteiger partial charge in [-0.1, -0.05) is 19.9 Å². The lowest BCUT2D eigenvalue weighted by Gasteiger charge is -2.62. The molecule has 4 heteroatoms. The number of aliphatic hydroxyl groups is 1. The fraction of sp³-hybridized carbons (Fsp3) is 0.846. The van der Waals surface area contributed by atoms with E-state index in [9.17, 15) is 14.7 Å². The molecule has 1 N–H and O–H groups in total. The average molecular weight is 417 g/mol. The van der Waals surface area contributed by atoms with E-state index in [4.69, 9.17) is 4.74 Å². The first-order valence-corrected chi connectivity index (χ1v) is 12.1. The van der Waals surface area contributed by atoms with Gasteiger partial charge in [0, 0.05) is 6.92 Å². The standard InChI is InChI=1S/C26H40O4/c1-6-15(2)21-9-10-22-20-8-7-18-13-19(30-17(4)28)11-12-25(18,5)23(20)14-24(29)26(21,22)16(3)27/h6,15,18-24,29H,1,7-14H2,2-5H3/t15-,18-,19-,20?,21-,22?,23?,24+,25+,26-/m1/s1. The number of aliphatic hydroxyl groups excluding tert-OH is 1. The van der Waals surface area contributed by atoms with Crippen LogP contribution in [0.25, 0.3) is 0 Å². The van der Waals surface area contributed by atoms with Crippen LogP contribution >= 0.6 is 0 Å². The minimum atomic E-state index is -0.590. The molecule has 4 aliphatic rings. The highest BCUT2D eigenvalue weighted by Crippen LogP contribution is 2.68. The Morgan fingerprint density at radius 3 is 2.47 bits per heavy atom. The molecular weight excluding hydrogens is 376 g/mol. The summed E-state index contributed by atoms with van der Waals surface area (Å²) in [6.07, 6.45) is 9.50. The van der Waals surface area contributed by atoms with Gasteiger partial charge in [-0.25, -0.2) is 0 Å². The van der Waals surface area contributed by atoms with E-state index in [-0.39, 0.29) is 35.1 Å². The number of hydrogen-bond donors (Lipinski definition) is 1. The van der Waals surface area contributed by atoms with E-state index >= 15 is 0 Å². The van der Waals surface area contributed by atoms with Crippen molar-refractivity contribution in [2.24, 2.45) is 46.3 Å². The van der Waals surface area contributed by atoms with Crippen LogP contribution in [-0.4, -0.2) is 29.1 Å². The second-order valence-corrected chi connectivity index (χ2v) is 11.2. The van der Waals surface area contributed by atoms with Crippen LogP contribution in [0.1, 0.15) is 79.1 Å². The van der Waals surface area contributed by atoms with Crippen molar-refractivity contribution in [1.29, 1.82) is 0 Å². The van der Waals surface area contributed by atoms with Crippen molar-refractivity contribution in [3.63, 3.8) is 0 Å². The fourth-order valence-corrected chi connectivity index (χ4v) is 8.90. The molecule has 3 unspecified atom stereocenters. The quantitative estimate of drug-likeness (QED) is 0.521. The molecule has 4 rings (SSSR count). The van der Waals surface area contributed by atoms with Crippen LogP contribution in [-0.2, 0) is 14.3 Å². The van der Waals surface area contributed by atoms with Gasteiger partial charge < -0.3 is 9.84 Å². The Morgan fingerprint density at radius 1 is 1.10 bits per heavy atom. The van der Waals surface area contributed by atoms with Crippen molar-refractivity contribution < 1.29 is 19.4 Å². The molecular formula is C26H40O4. The Kier molecular flexibility index (Phi) is 5.70. The maximum Gasteiger partial charge on any atom is 0.302 e. The Bertz CT molecular complexity index is 716. The lowest BCUT2D eigenvalue weighted by molar-refractivity contribution is -0.188. The molecule has 0 radical (unpaired) electrons. The Balaban J connectivity index is 1.64. The van der Waals surface area contributed by atoms with Gasteiger partial charge in [0.2, 0.25) is 0 Å². The number of Topliss-reactive ketones (excluding diaryl/α,β-unsaturated/α-hetero) is 1. The molecule has 168 valence electrons. The first kappa shape index (κ1) is 22.0. The van der Waals surface area contributed by atoms with Crippen molar-refractivity contribution >= 4 is 11.8 Å². The van der Waals surface area contributed by atoms with Crippen LogP contribution in [0.2, 0.25) is 0 Å². The minimum absolute atomic E-state index is 0.0475. The summed E-state index contributed by atoms with van der Waals surface area (Å²) in [5.74, 6) is 2.28. The predicted octanol–water partition coefficient (Wildman–Crippen LogP) is 4.94. The summed E-state index contributed by atoms with van der Waals surface area (Å²) in [6.45, 7) is 11.8. The zero-order valence-corrected chi connectivity index (χ0v) is 19.2. The predicted molar refractivity (Wildman–Crippen MR) is 117 cm³/mol. The summed E-state index contributed by atoms with van der Waals surface area (Å²) < 4.78 is 5.57. The lowest BCUT2D eigenvalue weighted by atomic mass is 9.43. The van der Waals surface area contributed by atoms with Crippen LogP contribution < -0.4 is 0 Å². The van der Waals surface area contributed by atoms with E-state index in [1.165, 1.54) is 6.92 Å². The van der Waals surface area contributed by atoms with Gasteiger partial charge in [0.15, 0.2) is 0 Å². The molecule has 4 aliphatic carbocycles. The lowest BCUT2D eigenvalue weighted by Crippen LogP contribution is -2.62. The molecule has 0 bridgehead atoms. The molecule has 4 saturated carbocycles. The molecule has 0 heterocycles. The molecule has 0 amide bonds. The van der Waals surface area contributed by atoms with Gasteiger partial charge in [-0.15, -0.1) is 6.58 Å². The van der Waals surface area contributed by atoms with Crippen LogP contribution in [0.5, 0.6) is 0 Å². The summed E-state index contributed by atoms with van der Waals surface area (Å²) in [7, 11) is 0. The van der Waals surface area contributed by atoms with Crippen LogP contribution in [0.15, 0.2) is 12.7 Å². The highest BCUT2D eigenvalue weighted by Gasteiger charge is 2.67. The maximum absolute atomic E-state index is 13.2. The highest BCUT2D eigenvalue weighted by molar-refractivity contribution is 5.84. The van der Waals surface area contributed by atoms with E-state index in [1.807, 2.05) is 6.08 Å². The smallest absolute Gasteiger partial charge is 0.302 e. The number of rotatable bonds is 4. The van der Waals surface area contributed by atoms with E-state index < -0.39 is 11.5 Å². The normalized spacial score (nSPS) is 48.6. The zero-order valence-electron chi connectivity index (χ0n) is 19.2. The summed E-state index contributed by atoms with van der Waals surface area (Å²) in [4.78, 5) is 24.6. The van der Waals surface area contributed by atoms with Gasteiger partial charge in [0.25, 0.3) is 0 Å². The molecule has 0 aromatic heterocycles. The molecule has 4 nitrogen and oxygen atoms in total. The molecule has 0 aromatic carbocycles. The second-order valence-electron chi connectivity index (χ2n) is 11.2. The monoisotopic (exact) mass is 416 g/mol. The van der Waals surface area contributed by atoms with Gasteiger partial charge in [0.1, 0.15) is 11.9 Å². The zero-order chi connectivity index (χ0) is 21.8. The number of fused-ring (bicyclic) bond motifs is 5. The van der Waals surface area contributed by atoms with E-state index in [0.29, 0.717) is 23.7 Å². The van der Waals surface area contributed by atoms with Gasteiger partial charge >= 0.3 is 5.97 Å². The largest absolute Gasteiger partial charge is 0.463 e. The van der Waals surface area contributed by atoms with Crippen molar-refractivity contribution in [2.45, 2.75) is 91.3 Å². The maximum atomic E-state index is 13.2. The van der Waals surface area contributed by atoms with E-state index in [1.54, 1.807) is 6.92 Å². The van der Waals surface area contributed by atoms with Crippen molar-refractivity contribution in [2.75, 3.05) is 0 Å². The Morgan fingerprint density at radius 2 is 1.83 bits per heavy atom. The number of allylic oxidation sites excluding steroid dienone is 1. The summed E-state index contributed by atoms with van der Waals surface area (Å²) in [6, 6.07) is 0. The number of carbonyl (C=O) groups is 2. The Labute approximate surface area is 181 Å². The molecule has 0 spiro atoms. The summed E-state index contributed by atoms with van der Waals surface area (Å²) in [5, 5.41) is 11.6. The van der Waals surface area contributed by atoms with Crippen LogP contribution in [0.3, 0.4) is 0 Å². The molecule has 4 fully saturated rings. The molecule has 0 aromatic rings. The van der Waals surface area contributed by atoms with Gasteiger partial charge in [0.05, 0.1) is 11.5 Å². The molecule has 0 saturated heterocycles. The van der Waals surface area contributed by atoms with Gasteiger partial charge in [-0.2, -0.15) is 0 Å². The average Bonchev–Trinajstić information content (AvgIpc) is 3.10. The minimum Gasteiger partial charge on any atom is -0.463 e. The highest BCUT2D eigenvalue weighted by atomic mass is 16.5. The van der Waals surface area contributed by atoms with Crippen molar-refractivity contribution in [1.82, 2.24) is 0 Å². The number of carbonyl (C=O) groups excluding carboxylic acids is 2. The third-order valence-corrected chi connectivity index (χ3v) is 10.2. The number of ether oxygens (including phenoxy) is 1. The van der Waals surface area contributed by atoms with Gasteiger partial charge in [-0.3, -0.25) is 9.59 Å². The van der Waals surface area contributed by atoms with Crippen LogP contribution in [0, 0.1) is 46.3 Å². The number of esters is 1.